The zero-order chi connectivity index (χ0) is 24.8. The van der Waals surface area contributed by atoms with Crippen LogP contribution in [-0.4, -0.2) is 28.7 Å². The van der Waals surface area contributed by atoms with Gasteiger partial charge in [-0.15, -0.1) is 0 Å². The number of benzene rings is 3. The number of ether oxygens (including phenoxy) is 2. The van der Waals surface area contributed by atoms with Crippen LogP contribution in [0.5, 0.6) is 11.5 Å². The molecule has 3 aromatic carbocycles. The van der Waals surface area contributed by atoms with E-state index in [0.717, 1.165) is 52.4 Å². The number of hydrogen-bond acceptors (Lipinski definition) is 4. The van der Waals surface area contributed by atoms with Gasteiger partial charge in [0.2, 0.25) is 0 Å². The van der Waals surface area contributed by atoms with Crippen molar-refractivity contribution in [2.45, 2.75) is 47.2 Å². The first-order valence-corrected chi connectivity index (χ1v) is 12.0. The fraction of sp³-hybridized carbons (Fsp3) is 0.310. The first-order chi connectivity index (χ1) is 16.9. The van der Waals surface area contributed by atoms with Crippen LogP contribution in [0.2, 0.25) is 0 Å². The highest BCUT2D eigenvalue weighted by molar-refractivity contribution is 5.78. The van der Waals surface area contributed by atoms with Crippen LogP contribution in [0.4, 0.5) is 0 Å². The molecule has 0 aliphatic heterocycles. The van der Waals surface area contributed by atoms with Crippen molar-refractivity contribution < 1.29 is 14.3 Å². The average molecular weight is 472 g/mol. The summed E-state index contributed by atoms with van der Waals surface area (Å²) in [7, 11) is 0. The Morgan fingerprint density at radius 1 is 0.914 bits per heavy atom. The van der Waals surface area contributed by atoms with E-state index in [4.69, 9.17) is 14.5 Å². The number of carbonyl (C=O) groups is 1. The highest BCUT2D eigenvalue weighted by Crippen LogP contribution is 2.20. The van der Waals surface area contributed by atoms with Gasteiger partial charge in [0.1, 0.15) is 17.3 Å². The van der Waals surface area contributed by atoms with E-state index in [9.17, 15) is 4.79 Å². The third kappa shape index (κ3) is 6.41. The predicted octanol–water partition coefficient (Wildman–Crippen LogP) is 5.43. The van der Waals surface area contributed by atoms with E-state index in [0.29, 0.717) is 13.2 Å². The SMILES string of the molecule is Cc1cc(C)cc(OCCCn2c(CNC(=O)COc3cc(C)ccc3C)nc3ccccc32)c1. The second kappa shape index (κ2) is 11.1. The van der Waals surface area contributed by atoms with E-state index in [1.807, 2.05) is 50.2 Å². The molecule has 0 radical (unpaired) electrons. The molecular formula is C29H33N3O3. The fourth-order valence-corrected chi connectivity index (χ4v) is 4.17. The molecule has 1 aromatic heterocycles. The number of hydrogen-bond donors (Lipinski definition) is 1. The maximum atomic E-state index is 12.5. The van der Waals surface area contributed by atoms with Crippen LogP contribution in [0.3, 0.4) is 0 Å². The van der Waals surface area contributed by atoms with Gasteiger partial charge in [-0.1, -0.05) is 30.3 Å². The molecule has 0 spiro atoms. The molecule has 0 saturated carbocycles. The van der Waals surface area contributed by atoms with Crippen molar-refractivity contribution in [1.82, 2.24) is 14.9 Å². The molecular weight excluding hydrogens is 438 g/mol. The summed E-state index contributed by atoms with van der Waals surface area (Å²) in [4.78, 5) is 17.2. The second-order valence-corrected chi connectivity index (χ2v) is 9.03. The average Bonchev–Trinajstić information content (AvgIpc) is 3.18. The Morgan fingerprint density at radius 3 is 2.49 bits per heavy atom. The normalized spacial score (nSPS) is 11.0. The Morgan fingerprint density at radius 2 is 1.69 bits per heavy atom. The molecule has 0 aliphatic rings. The van der Waals surface area contributed by atoms with Crippen LogP contribution in [0, 0.1) is 27.7 Å². The largest absolute Gasteiger partial charge is 0.494 e. The summed E-state index contributed by atoms with van der Waals surface area (Å²) < 4.78 is 13.9. The number of aromatic nitrogens is 2. The summed E-state index contributed by atoms with van der Waals surface area (Å²) in [5.74, 6) is 2.27. The van der Waals surface area contributed by atoms with E-state index in [1.54, 1.807) is 0 Å². The molecule has 0 fully saturated rings. The molecule has 6 heteroatoms. The second-order valence-electron chi connectivity index (χ2n) is 9.03. The van der Waals surface area contributed by atoms with Crippen molar-refractivity contribution in [3.63, 3.8) is 0 Å². The number of aryl methyl sites for hydroxylation is 5. The Hall–Kier alpha value is -3.80. The van der Waals surface area contributed by atoms with Crippen molar-refractivity contribution in [1.29, 1.82) is 0 Å². The van der Waals surface area contributed by atoms with E-state index in [-0.39, 0.29) is 12.5 Å². The Labute approximate surface area is 206 Å². The monoisotopic (exact) mass is 471 g/mol. The van der Waals surface area contributed by atoms with Gasteiger partial charge in [0.15, 0.2) is 6.61 Å². The van der Waals surface area contributed by atoms with Crippen molar-refractivity contribution in [3.05, 3.63) is 88.7 Å². The molecule has 0 aliphatic carbocycles. The van der Waals surface area contributed by atoms with Gasteiger partial charge in [0, 0.05) is 6.54 Å². The van der Waals surface area contributed by atoms with E-state index < -0.39 is 0 Å². The van der Waals surface area contributed by atoms with E-state index in [1.165, 1.54) is 11.1 Å². The predicted molar refractivity (Wildman–Crippen MR) is 139 cm³/mol. The smallest absolute Gasteiger partial charge is 0.258 e. The van der Waals surface area contributed by atoms with Crippen LogP contribution >= 0.6 is 0 Å². The Balaban J connectivity index is 1.36. The maximum absolute atomic E-state index is 12.5. The van der Waals surface area contributed by atoms with Crippen molar-refractivity contribution >= 4 is 16.9 Å². The van der Waals surface area contributed by atoms with Crippen molar-refractivity contribution in [3.8, 4) is 11.5 Å². The summed E-state index contributed by atoms with van der Waals surface area (Å²) in [5, 5.41) is 2.95. The Bertz CT molecular complexity index is 1310. The number of fused-ring (bicyclic) bond motifs is 1. The number of rotatable bonds is 10. The molecule has 182 valence electrons. The number of carbonyl (C=O) groups excluding carboxylic acids is 1. The standard InChI is InChI=1S/C29H33N3O3/c1-20-10-11-23(4)27(17-20)35-19-29(33)30-18-28-31-25-8-5-6-9-26(25)32(28)12-7-13-34-24-15-21(2)14-22(3)16-24/h5-6,8-11,14-17H,7,12-13,18-19H2,1-4H3,(H,30,33). The van der Waals surface area contributed by atoms with Gasteiger partial charge >= 0.3 is 0 Å². The summed E-state index contributed by atoms with van der Waals surface area (Å²) in [6.07, 6.45) is 0.823. The summed E-state index contributed by atoms with van der Waals surface area (Å²) in [5.41, 5.74) is 6.46. The minimum absolute atomic E-state index is 0.0335. The van der Waals surface area contributed by atoms with Crippen LogP contribution in [0.1, 0.15) is 34.5 Å². The number of nitrogens with one attached hydrogen (secondary N) is 1. The van der Waals surface area contributed by atoms with Crippen LogP contribution in [-0.2, 0) is 17.9 Å². The van der Waals surface area contributed by atoms with Gasteiger partial charge in [0.25, 0.3) is 5.91 Å². The molecule has 1 heterocycles. The molecule has 0 atom stereocenters. The number of para-hydroxylation sites is 2. The summed E-state index contributed by atoms with van der Waals surface area (Å²) in [6.45, 7) is 9.77. The topological polar surface area (TPSA) is 65.4 Å². The van der Waals surface area contributed by atoms with E-state index >= 15 is 0 Å². The molecule has 4 rings (SSSR count). The van der Waals surface area contributed by atoms with Crippen molar-refractivity contribution in [2.24, 2.45) is 0 Å². The lowest BCUT2D eigenvalue weighted by Crippen LogP contribution is -2.29. The first kappa shape index (κ1) is 24.3. The number of amides is 1. The molecule has 0 bridgehead atoms. The minimum Gasteiger partial charge on any atom is -0.494 e. The third-order valence-corrected chi connectivity index (χ3v) is 5.87. The number of nitrogens with zero attached hydrogens (tertiary/aromatic N) is 2. The summed E-state index contributed by atoms with van der Waals surface area (Å²) >= 11 is 0. The van der Waals surface area contributed by atoms with Gasteiger partial charge < -0.3 is 19.4 Å². The first-order valence-electron chi connectivity index (χ1n) is 12.0. The van der Waals surface area contributed by atoms with Gasteiger partial charge in [-0.05, 0) is 86.7 Å². The highest BCUT2D eigenvalue weighted by Gasteiger charge is 2.12. The Kier molecular flexibility index (Phi) is 7.70. The molecule has 4 aromatic rings. The number of imidazole rings is 1. The van der Waals surface area contributed by atoms with Crippen LogP contribution in [0.15, 0.2) is 60.7 Å². The van der Waals surface area contributed by atoms with Crippen LogP contribution < -0.4 is 14.8 Å². The zero-order valence-electron chi connectivity index (χ0n) is 20.9. The van der Waals surface area contributed by atoms with Gasteiger partial charge in [-0.25, -0.2) is 4.98 Å². The summed E-state index contributed by atoms with van der Waals surface area (Å²) in [6, 6.07) is 20.3. The molecule has 35 heavy (non-hydrogen) atoms. The lowest BCUT2D eigenvalue weighted by atomic mass is 10.1. The third-order valence-electron chi connectivity index (χ3n) is 5.87. The maximum Gasteiger partial charge on any atom is 0.258 e. The van der Waals surface area contributed by atoms with Crippen molar-refractivity contribution in [2.75, 3.05) is 13.2 Å². The lowest BCUT2D eigenvalue weighted by molar-refractivity contribution is -0.123. The van der Waals surface area contributed by atoms with E-state index in [2.05, 4.69) is 48.0 Å². The highest BCUT2D eigenvalue weighted by atomic mass is 16.5. The quantitative estimate of drug-likeness (QED) is 0.313. The lowest BCUT2D eigenvalue weighted by Gasteiger charge is -2.13. The molecule has 0 unspecified atom stereocenters. The zero-order valence-corrected chi connectivity index (χ0v) is 20.9. The van der Waals surface area contributed by atoms with Crippen LogP contribution in [0.25, 0.3) is 11.0 Å². The fourth-order valence-electron chi connectivity index (χ4n) is 4.17. The minimum atomic E-state index is -0.178. The molecule has 0 saturated heterocycles. The van der Waals surface area contributed by atoms with Gasteiger partial charge in [-0.2, -0.15) is 0 Å². The molecule has 1 N–H and O–H groups in total. The molecule has 6 nitrogen and oxygen atoms in total. The van der Waals surface area contributed by atoms with Gasteiger partial charge in [0.05, 0.1) is 24.2 Å². The molecule has 1 amide bonds. The van der Waals surface area contributed by atoms with Gasteiger partial charge in [-0.3, -0.25) is 4.79 Å².